The molecule has 3 heteroatoms. The predicted molar refractivity (Wildman–Crippen MR) is 72.2 cm³/mol. The fourth-order valence-electron chi connectivity index (χ4n) is 2.52. The highest BCUT2D eigenvalue weighted by molar-refractivity contribution is 5.47. The van der Waals surface area contributed by atoms with E-state index in [1.807, 2.05) is 11.6 Å². The van der Waals surface area contributed by atoms with Crippen LogP contribution in [-0.4, -0.2) is 14.8 Å². The average molecular weight is 241 g/mol. The van der Waals surface area contributed by atoms with Crippen LogP contribution in [0.1, 0.15) is 43.5 Å². The van der Waals surface area contributed by atoms with Crippen LogP contribution in [0.15, 0.2) is 18.2 Å². The molecular formula is C15H19N3. The third-order valence-corrected chi connectivity index (χ3v) is 3.57. The van der Waals surface area contributed by atoms with Gasteiger partial charge in [0, 0.05) is 6.42 Å². The highest BCUT2D eigenvalue weighted by Crippen LogP contribution is 2.29. The Balaban J connectivity index is 2.14. The van der Waals surface area contributed by atoms with E-state index < -0.39 is 0 Å². The highest BCUT2D eigenvalue weighted by Gasteiger charge is 2.21. The predicted octanol–water partition coefficient (Wildman–Crippen LogP) is 2.97. The Morgan fingerprint density at radius 2 is 1.94 bits per heavy atom. The first-order chi connectivity index (χ1) is 8.45. The Morgan fingerprint density at radius 1 is 1.17 bits per heavy atom. The van der Waals surface area contributed by atoms with Crippen molar-refractivity contribution < 1.29 is 0 Å². The summed E-state index contributed by atoms with van der Waals surface area (Å²) in [5.74, 6) is 1.95. The Hall–Kier alpha value is -1.64. The second-order valence-corrected chi connectivity index (χ2v) is 6.08. The van der Waals surface area contributed by atoms with Crippen molar-refractivity contribution in [3.63, 3.8) is 0 Å². The molecule has 0 aliphatic carbocycles. The Morgan fingerprint density at radius 3 is 2.67 bits per heavy atom. The number of benzene rings is 1. The summed E-state index contributed by atoms with van der Waals surface area (Å²) in [6, 6.07) is 6.73. The molecule has 1 aromatic carbocycles. The number of nitrogens with zero attached hydrogens (tertiary/aromatic N) is 3. The summed E-state index contributed by atoms with van der Waals surface area (Å²) in [5.41, 5.74) is 4.18. The van der Waals surface area contributed by atoms with Crippen LogP contribution in [0.4, 0.5) is 0 Å². The average Bonchev–Trinajstić information content (AvgIpc) is 2.68. The minimum atomic E-state index is 0.202. The topological polar surface area (TPSA) is 30.7 Å². The Labute approximate surface area is 108 Å². The Kier molecular flexibility index (Phi) is 2.34. The van der Waals surface area contributed by atoms with Crippen molar-refractivity contribution in [2.24, 2.45) is 0 Å². The molecule has 0 radical (unpaired) electrons. The molecule has 0 fully saturated rings. The van der Waals surface area contributed by atoms with Gasteiger partial charge in [-0.1, -0.05) is 32.9 Å². The van der Waals surface area contributed by atoms with E-state index in [0.29, 0.717) is 0 Å². The van der Waals surface area contributed by atoms with Gasteiger partial charge in [0.2, 0.25) is 0 Å². The maximum Gasteiger partial charge on any atom is 0.148 e. The number of rotatable bonds is 0. The third-order valence-electron chi connectivity index (χ3n) is 3.57. The lowest BCUT2D eigenvalue weighted by Crippen LogP contribution is -2.17. The third kappa shape index (κ3) is 1.74. The molecule has 94 valence electrons. The van der Waals surface area contributed by atoms with Gasteiger partial charge in [-0.2, -0.15) is 5.10 Å². The molecule has 3 nitrogen and oxygen atoms in total. The molecular weight excluding hydrogens is 222 g/mol. The van der Waals surface area contributed by atoms with Crippen LogP contribution in [0.2, 0.25) is 0 Å². The molecule has 0 spiro atoms. The van der Waals surface area contributed by atoms with Crippen molar-refractivity contribution in [1.82, 2.24) is 14.8 Å². The minimum Gasteiger partial charge on any atom is -0.217 e. The van der Waals surface area contributed by atoms with Crippen molar-refractivity contribution in [1.29, 1.82) is 0 Å². The first kappa shape index (κ1) is 11.5. The summed E-state index contributed by atoms with van der Waals surface area (Å²) in [6.07, 6.45) is 2.05. The summed E-state index contributed by atoms with van der Waals surface area (Å²) in [4.78, 5) is 4.47. The second kappa shape index (κ2) is 3.67. The number of hydrogen-bond acceptors (Lipinski definition) is 2. The van der Waals surface area contributed by atoms with Gasteiger partial charge in [-0.15, -0.1) is 0 Å². The molecule has 0 atom stereocenters. The molecule has 2 aromatic rings. The largest absolute Gasteiger partial charge is 0.217 e. The van der Waals surface area contributed by atoms with E-state index in [4.69, 9.17) is 0 Å². The molecule has 0 amide bonds. The molecule has 2 heterocycles. The summed E-state index contributed by atoms with van der Waals surface area (Å²) >= 11 is 0. The fourth-order valence-corrected chi connectivity index (χ4v) is 2.52. The first-order valence-electron chi connectivity index (χ1n) is 6.51. The van der Waals surface area contributed by atoms with Crippen molar-refractivity contribution in [2.75, 3.05) is 0 Å². The van der Waals surface area contributed by atoms with Crippen molar-refractivity contribution in [2.45, 2.75) is 46.0 Å². The SMILES string of the molecule is Cc1nc2n(n1)-c1ccc(C(C)(C)C)cc1CC2. The number of aryl methyl sites for hydroxylation is 3. The molecule has 0 bridgehead atoms. The van der Waals surface area contributed by atoms with Crippen LogP contribution in [0, 0.1) is 6.92 Å². The van der Waals surface area contributed by atoms with E-state index in [1.165, 1.54) is 16.8 Å². The maximum absolute atomic E-state index is 4.49. The van der Waals surface area contributed by atoms with Crippen LogP contribution < -0.4 is 0 Å². The quantitative estimate of drug-likeness (QED) is 0.710. The van der Waals surface area contributed by atoms with Crippen LogP contribution in [0.3, 0.4) is 0 Å². The van der Waals surface area contributed by atoms with Crippen LogP contribution >= 0.6 is 0 Å². The van der Waals surface area contributed by atoms with Crippen molar-refractivity contribution in [3.05, 3.63) is 41.0 Å². The fraction of sp³-hybridized carbons (Fsp3) is 0.467. The number of hydrogen-bond donors (Lipinski definition) is 0. The zero-order valence-corrected chi connectivity index (χ0v) is 11.5. The molecule has 0 saturated carbocycles. The smallest absolute Gasteiger partial charge is 0.148 e. The van der Waals surface area contributed by atoms with Gasteiger partial charge in [-0.25, -0.2) is 9.67 Å². The van der Waals surface area contributed by atoms with Gasteiger partial charge < -0.3 is 0 Å². The molecule has 1 aliphatic heterocycles. The second-order valence-electron chi connectivity index (χ2n) is 6.08. The summed E-state index contributed by atoms with van der Waals surface area (Å²) < 4.78 is 2.00. The van der Waals surface area contributed by atoms with E-state index in [0.717, 1.165) is 24.5 Å². The van der Waals surface area contributed by atoms with Crippen molar-refractivity contribution in [3.8, 4) is 5.69 Å². The first-order valence-corrected chi connectivity index (χ1v) is 6.51. The molecule has 0 N–H and O–H groups in total. The molecule has 3 rings (SSSR count). The van der Waals surface area contributed by atoms with Gasteiger partial charge in [0.1, 0.15) is 11.6 Å². The van der Waals surface area contributed by atoms with E-state index in [1.54, 1.807) is 0 Å². The zero-order valence-electron chi connectivity index (χ0n) is 11.5. The van der Waals surface area contributed by atoms with Crippen molar-refractivity contribution >= 4 is 0 Å². The van der Waals surface area contributed by atoms with Gasteiger partial charge in [0.05, 0.1) is 5.69 Å². The highest BCUT2D eigenvalue weighted by atomic mass is 15.4. The van der Waals surface area contributed by atoms with Gasteiger partial charge in [0.25, 0.3) is 0 Å². The summed E-state index contributed by atoms with van der Waals surface area (Å²) in [6.45, 7) is 8.71. The maximum atomic E-state index is 4.49. The molecule has 18 heavy (non-hydrogen) atoms. The van der Waals surface area contributed by atoms with E-state index in [2.05, 4.69) is 49.1 Å². The molecule has 0 saturated heterocycles. The van der Waals surface area contributed by atoms with Gasteiger partial charge >= 0.3 is 0 Å². The lowest BCUT2D eigenvalue weighted by Gasteiger charge is -2.23. The van der Waals surface area contributed by atoms with Crippen LogP contribution in [0.5, 0.6) is 0 Å². The number of fused-ring (bicyclic) bond motifs is 3. The summed E-state index contributed by atoms with van der Waals surface area (Å²) in [7, 11) is 0. The lowest BCUT2D eigenvalue weighted by molar-refractivity contribution is 0.587. The van der Waals surface area contributed by atoms with Crippen LogP contribution in [-0.2, 0) is 18.3 Å². The molecule has 0 unspecified atom stereocenters. The minimum absolute atomic E-state index is 0.202. The number of aromatic nitrogens is 3. The van der Waals surface area contributed by atoms with Gasteiger partial charge in [0.15, 0.2) is 0 Å². The van der Waals surface area contributed by atoms with E-state index >= 15 is 0 Å². The molecule has 1 aliphatic rings. The zero-order chi connectivity index (χ0) is 12.9. The summed E-state index contributed by atoms with van der Waals surface area (Å²) in [5, 5.41) is 4.49. The Bertz CT molecular complexity index is 603. The van der Waals surface area contributed by atoms with Crippen LogP contribution in [0.25, 0.3) is 5.69 Å². The van der Waals surface area contributed by atoms with Gasteiger partial charge in [-0.05, 0) is 36.0 Å². The standard InChI is InChI=1S/C15H19N3/c1-10-16-14-8-5-11-9-12(15(2,3)4)6-7-13(11)18(14)17-10/h6-7,9H,5,8H2,1-4H3. The monoisotopic (exact) mass is 241 g/mol. The van der Waals surface area contributed by atoms with E-state index in [-0.39, 0.29) is 5.41 Å². The van der Waals surface area contributed by atoms with Gasteiger partial charge in [-0.3, -0.25) is 0 Å². The normalized spacial score (nSPS) is 14.2. The lowest BCUT2D eigenvalue weighted by atomic mass is 9.85. The molecule has 1 aromatic heterocycles. The van der Waals surface area contributed by atoms with E-state index in [9.17, 15) is 0 Å².